The molecule has 0 unspecified atom stereocenters. The summed E-state index contributed by atoms with van der Waals surface area (Å²) in [4.78, 5) is 29.5. The minimum Gasteiger partial charge on any atom is -0.496 e. The van der Waals surface area contributed by atoms with Crippen LogP contribution in [-0.2, 0) is 22.4 Å². The molecule has 4 atom stereocenters. The lowest BCUT2D eigenvalue weighted by Crippen LogP contribution is -2.61. The largest absolute Gasteiger partial charge is 0.496 e. The zero-order valence-electron chi connectivity index (χ0n) is 24.1. The third-order valence-electron chi connectivity index (χ3n) is 10.0. The van der Waals surface area contributed by atoms with E-state index in [1.165, 1.54) is 20.3 Å². The highest BCUT2D eigenvalue weighted by Crippen LogP contribution is 2.60. The summed E-state index contributed by atoms with van der Waals surface area (Å²) in [6, 6.07) is 13.5. The smallest absolute Gasteiger partial charge is 0.341 e. The Bertz CT molecular complexity index is 1890. The fraction of sp³-hybridized carbons (Fsp3) is 0.364. The van der Waals surface area contributed by atoms with Crippen molar-refractivity contribution in [2.75, 3.05) is 26.1 Å². The van der Waals surface area contributed by atoms with Crippen LogP contribution in [0.5, 0.6) is 5.75 Å². The molecule has 0 radical (unpaired) electrons. The lowest BCUT2D eigenvalue weighted by molar-refractivity contribution is -0.129. The van der Waals surface area contributed by atoms with Gasteiger partial charge in [-0.1, -0.05) is 41.4 Å². The van der Waals surface area contributed by atoms with E-state index in [0.717, 1.165) is 36.0 Å². The topological polar surface area (TPSA) is 85.7 Å². The number of esters is 1. The van der Waals surface area contributed by atoms with Crippen LogP contribution < -0.4 is 10.1 Å². The van der Waals surface area contributed by atoms with Crippen LogP contribution in [0.2, 0.25) is 10.0 Å². The number of benzene rings is 3. The zero-order chi connectivity index (χ0) is 30.5. The first-order valence-corrected chi connectivity index (χ1v) is 15.5. The number of aromatic nitrogens is 2. The molecule has 226 valence electrons. The van der Waals surface area contributed by atoms with Crippen molar-refractivity contribution >= 4 is 51.7 Å². The second-order valence-corrected chi connectivity index (χ2v) is 13.1. The van der Waals surface area contributed by atoms with Gasteiger partial charge in [0.1, 0.15) is 22.7 Å². The predicted octanol–water partition coefficient (Wildman–Crippen LogP) is 6.19. The SMILES string of the molecule is COC(=O)c1cc2nn3c(c2cc1OC)C[C@H]1[C@@H]3[C@H](c2cccc(Cl)c2F)[C@@]2(Cc3ccc(Cl)cc3NC2=O)N1CC1CC1. The molecular weight excluding hydrogens is 606 g/mol. The van der Waals surface area contributed by atoms with Gasteiger partial charge in [-0.15, -0.1) is 0 Å². The number of fused-ring (bicyclic) bond motifs is 6. The van der Waals surface area contributed by atoms with Crippen LogP contribution in [0.3, 0.4) is 0 Å². The molecule has 1 saturated carbocycles. The van der Waals surface area contributed by atoms with E-state index in [1.54, 1.807) is 24.3 Å². The number of likely N-dealkylation sites (tertiary alicyclic amines) is 1. The molecule has 1 saturated heterocycles. The third kappa shape index (κ3) is 3.88. The summed E-state index contributed by atoms with van der Waals surface area (Å²) in [5.41, 5.74) is 2.74. The van der Waals surface area contributed by atoms with Gasteiger partial charge in [-0.25, -0.2) is 9.18 Å². The molecule has 3 aromatic carbocycles. The first kappa shape index (κ1) is 27.9. The lowest BCUT2D eigenvalue weighted by Gasteiger charge is -2.46. The summed E-state index contributed by atoms with van der Waals surface area (Å²) < 4.78 is 28.7. The van der Waals surface area contributed by atoms with Gasteiger partial charge in [0.15, 0.2) is 0 Å². The first-order chi connectivity index (χ1) is 21.2. The van der Waals surface area contributed by atoms with E-state index in [9.17, 15) is 9.59 Å². The van der Waals surface area contributed by atoms with Crippen LogP contribution >= 0.6 is 23.2 Å². The molecule has 1 N–H and O–H groups in total. The number of halogens is 3. The van der Waals surface area contributed by atoms with Crippen LogP contribution in [0.1, 0.15) is 52.0 Å². The maximum atomic E-state index is 16.2. The molecule has 1 aromatic heterocycles. The molecule has 8 nitrogen and oxygen atoms in total. The molecule has 44 heavy (non-hydrogen) atoms. The third-order valence-corrected chi connectivity index (χ3v) is 10.5. The van der Waals surface area contributed by atoms with Gasteiger partial charge in [0.05, 0.1) is 30.8 Å². The molecule has 4 aliphatic rings. The second kappa shape index (κ2) is 9.92. The van der Waals surface area contributed by atoms with Gasteiger partial charge < -0.3 is 14.8 Å². The summed E-state index contributed by atoms with van der Waals surface area (Å²) in [6.07, 6.45) is 3.16. The number of carbonyl (C=O) groups excluding carboxylic acids is 2. The molecule has 11 heteroatoms. The summed E-state index contributed by atoms with van der Waals surface area (Å²) >= 11 is 12.7. The van der Waals surface area contributed by atoms with E-state index >= 15 is 4.39 Å². The highest BCUT2D eigenvalue weighted by molar-refractivity contribution is 6.31. The fourth-order valence-electron chi connectivity index (χ4n) is 7.95. The Balaban J connectivity index is 1.37. The van der Waals surface area contributed by atoms with E-state index in [4.69, 9.17) is 37.8 Å². The maximum absolute atomic E-state index is 16.2. The number of carbonyl (C=O) groups is 2. The average Bonchev–Trinajstić information content (AvgIpc) is 3.61. The number of nitrogens with zero attached hydrogens (tertiary/aromatic N) is 3. The number of nitrogens with one attached hydrogen (secondary N) is 1. The molecule has 1 aliphatic carbocycles. The summed E-state index contributed by atoms with van der Waals surface area (Å²) in [7, 11) is 2.83. The lowest BCUT2D eigenvalue weighted by atomic mass is 9.71. The minimum absolute atomic E-state index is 0.00884. The van der Waals surface area contributed by atoms with Crippen LogP contribution in [0, 0.1) is 11.7 Å². The summed E-state index contributed by atoms with van der Waals surface area (Å²) in [5.74, 6) is -1.00. The van der Waals surface area contributed by atoms with E-state index in [0.29, 0.717) is 46.3 Å². The number of hydrogen-bond acceptors (Lipinski definition) is 6. The Morgan fingerprint density at radius 2 is 1.98 bits per heavy atom. The first-order valence-electron chi connectivity index (χ1n) is 14.7. The van der Waals surface area contributed by atoms with Crippen molar-refractivity contribution in [1.29, 1.82) is 0 Å². The number of hydrogen-bond donors (Lipinski definition) is 1. The number of anilines is 1. The normalized spacial score (nSPS) is 25.6. The van der Waals surface area contributed by atoms with Gasteiger partial charge in [0, 0.05) is 53.1 Å². The van der Waals surface area contributed by atoms with Crippen LogP contribution in [0.15, 0.2) is 48.5 Å². The Hall–Kier alpha value is -3.66. The molecular formula is C33H29Cl2FN4O4. The van der Waals surface area contributed by atoms with Crippen molar-refractivity contribution in [3.8, 4) is 5.75 Å². The molecule has 0 bridgehead atoms. The fourth-order valence-corrected chi connectivity index (χ4v) is 8.30. The molecule has 2 fully saturated rings. The van der Waals surface area contributed by atoms with E-state index in [2.05, 4.69) is 10.2 Å². The number of ether oxygens (including phenoxy) is 2. The Morgan fingerprint density at radius 1 is 1.16 bits per heavy atom. The Kier molecular flexibility index (Phi) is 6.28. The van der Waals surface area contributed by atoms with E-state index in [-0.39, 0.29) is 28.6 Å². The van der Waals surface area contributed by atoms with Gasteiger partial charge in [0.2, 0.25) is 5.91 Å². The Morgan fingerprint density at radius 3 is 2.73 bits per heavy atom. The highest BCUT2D eigenvalue weighted by atomic mass is 35.5. The summed E-state index contributed by atoms with van der Waals surface area (Å²) in [6.45, 7) is 0.717. The van der Waals surface area contributed by atoms with E-state index < -0.39 is 23.2 Å². The van der Waals surface area contributed by atoms with Crippen molar-refractivity contribution in [3.05, 3.63) is 86.8 Å². The molecule has 1 spiro atoms. The number of methoxy groups -OCH3 is 2. The number of rotatable bonds is 5. The Labute approximate surface area is 263 Å². The summed E-state index contributed by atoms with van der Waals surface area (Å²) in [5, 5.41) is 9.57. The minimum atomic E-state index is -1.10. The second-order valence-electron chi connectivity index (χ2n) is 12.3. The predicted molar refractivity (Wildman–Crippen MR) is 164 cm³/mol. The van der Waals surface area contributed by atoms with Gasteiger partial charge in [-0.2, -0.15) is 5.10 Å². The number of amides is 1. The molecule has 4 aromatic rings. The maximum Gasteiger partial charge on any atom is 0.341 e. The van der Waals surface area contributed by atoms with Crippen LogP contribution in [-0.4, -0.2) is 58.9 Å². The van der Waals surface area contributed by atoms with Crippen molar-refractivity contribution in [3.63, 3.8) is 0 Å². The molecule has 4 heterocycles. The average molecular weight is 636 g/mol. The zero-order valence-corrected chi connectivity index (χ0v) is 25.6. The van der Waals surface area contributed by atoms with Crippen molar-refractivity contribution in [1.82, 2.24) is 14.7 Å². The van der Waals surface area contributed by atoms with Gasteiger partial charge >= 0.3 is 5.97 Å². The monoisotopic (exact) mass is 634 g/mol. The van der Waals surface area contributed by atoms with Gasteiger partial charge in [-0.05, 0) is 60.2 Å². The quantitative estimate of drug-likeness (QED) is 0.264. The van der Waals surface area contributed by atoms with Crippen molar-refractivity contribution < 1.29 is 23.5 Å². The van der Waals surface area contributed by atoms with Gasteiger partial charge in [0.25, 0.3) is 0 Å². The highest BCUT2D eigenvalue weighted by Gasteiger charge is 2.67. The molecule has 1 amide bonds. The van der Waals surface area contributed by atoms with Crippen molar-refractivity contribution in [2.24, 2.45) is 5.92 Å². The van der Waals surface area contributed by atoms with Crippen molar-refractivity contribution in [2.45, 2.75) is 49.2 Å². The van der Waals surface area contributed by atoms with E-state index in [1.807, 2.05) is 22.9 Å². The molecule has 8 rings (SSSR count). The van der Waals surface area contributed by atoms with Gasteiger partial charge in [-0.3, -0.25) is 14.4 Å². The van der Waals surface area contributed by atoms with Crippen LogP contribution in [0.25, 0.3) is 10.9 Å². The standard InChI is InChI=1S/C33H29Cl2FN4O4/c1-43-27-12-20-24(11-21(27)31(41)44-2)38-40-25(20)13-26-30(40)28(19-4-3-5-22(35)29(19)36)33(39(26)15-16-6-7-16)14-17-8-9-18(34)10-23(17)37-32(33)42/h3-5,8-12,16,26,28,30H,6-7,13-15H2,1-2H3,(H,37,42)/t26-,28-,30+,33+/m0/s1. The molecule has 3 aliphatic heterocycles. The van der Waals surface area contributed by atoms with Crippen LogP contribution in [0.4, 0.5) is 10.1 Å².